The van der Waals surface area contributed by atoms with Crippen LogP contribution in [0.2, 0.25) is 0 Å². The Kier molecular flexibility index (Phi) is 3.43. The van der Waals surface area contributed by atoms with E-state index in [1.54, 1.807) is 0 Å². The van der Waals surface area contributed by atoms with E-state index in [-0.39, 0.29) is 10.2 Å². The van der Waals surface area contributed by atoms with Gasteiger partial charge in [0.1, 0.15) is 0 Å². The summed E-state index contributed by atoms with van der Waals surface area (Å²) < 4.78 is 23.5. The molecule has 0 bridgehead atoms. The van der Waals surface area contributed by atoms with Crippen LogP contribution >= 0.6 is 31.9 Å². The Labute approximate surface area is 63.9 Å². The molecule has 8 heavy (non-hydrogen) atoms. The minimum absolute atomic E-state index is 0.174. The van der Waals surface area contributed by atoms with Crippen molar-refractivity contribution in [3.8, 4) is 0 Å². The molecule has 0 aromatic rings. The Bertz CT molecular complexity index is 66.9. The first-order valence-electron chi connectivity index (χ1n) is 2.08. The van der Waals surface area contributed by atoms with Gasteiger partial charge in [-0.2, -0.15) is 0 Å². The summed E-state index contributed by atoms with van der Waals surface area (Å²) in [5, 5.41) is 0. The average Bonchev–Trinajstić information content (AvgIpc) is 1.21. The molecular formula is C4H6Br2F2. The van der Waals surface area contributed by atoms with Crippen LogP contribution in [0.3, 0.4) is 0 Å². The molecule has 0 heterocycles. The van der Waals surface area contributed by atoms with Gasteiger partial charge < -0.3 is 0 Å². The highest BCUT2D eigenvalue weighted by Crippen LogP contribution is 2.25. The van der Waals surface area contributed by atoms with Crippen LogP contribution < -0.4 is 0 Å². The lowest BCUT2D eigenvalue weighted by Crippen LogP contribution is -2.12. The van der Waals surface area contributed by atoms with Gasteiger partial charge in [-0.1, -0.05) is 31.9 Å². The second-order valence-corrected chi connectivity index (χ2v) is 5.10. The van der Waals surface area contributed by atoms with Crippen LogP contribution in [0, 0.1) is 0 Å². The van der Waals surface area contributed by atoms with Crippen molar-refractivity contribution in [1.29, 1.82) is 0 Å². The second-order valence-electron chi connectivity index (χ2n) is 1.67. The van der Waals surface area contributed by atoms with Gasteiger partial charge in [-0.05, 0) is 6.92 Å². The van der Waals surface area contributed by atoms with E-state index in [0.717, 1.165) is 6.92 Å². The predicted octanol–water partition coefficient (Wildman–Crippen LogP) is 3.15. The molecule has 0 amide bonds. The van der Waals surface area contributed by atoms with E-state index in [1.807, 2.05) is 0 Å². The Morgan fingerprint density at radius 3 is 1.88 bits per heavy atom. The molecule has 0 fully saturated rings. The largest absolute Gasteiger partial charge is 0.247 e. The molecule has 0 saturated heterocycles. The fraction of sp³-hybridized carbons (Fsp3) is 1.00. The Morgan fingerprint density at radius 1 is 1.50 bits per heavy atom. The molecule has 0 aliphatic carbocycles. The molecule has 0 nitrogen and oxygen atoms in total. The van der Waals surface area contributed by atoms with Gasteiger partial charge in [0.2, 0.25) is 5.92 Å². The summed E-state index contributed by atoms with van der Waals surface area (Å²) in [4.78, 5) is 0. The Hall–Kier alpha value is 0.820. The molecule has 0 aliphatic heterocycles. The van der Waals surface area contributed by atoms with Crippen molar-refractivity contribution in [2.45, 2.75) is 23.0 Å². The minimum atomic E-state index is -2.57. The maximum absolute atomic E-state index is 11.9. The summed E-state index contributed by atoms with van der Waals surface area (Å²) in [5.74, 6) is -2.57. The first kappa shape index (κ1) is 8.82. The summed E-state index contributed by atoms with van der Waals surface area (Å²) in [7, 11) is 0. The fourth-order valence-corrected chi connectivity index (χ4v) is 1.41. The van der Waals surface area contributed by atoms with Gasteiger partial charge in [-0.3, -0.25) is 0 Å². The highest BCUT2D eigenvalue weighted by atomic mass is 79.9. The first-order valence-corrected chi connectivity index (χ1v) is 3.91. The second kappa shape index (κ2) is 3.11. The summed E-state index contributed by atoms with van der Waals surface area (Å²) in [5.41, 5.74) is 0. The van der Waals surface area contributed by atoms with Gasteiger partial charge in [0.25, 0.3) is 0 Å². The molecule has 0 N–H and O–H groups in total. The minimum Gasteiger partial charge on any atom is -0.207 e. The van der Waals surface area contributed by atoms with Crippen molar-refractivity contribution in [2.24, 2.45) is 0 Å². The summed E-state index contributed by atoms with van der Waals surface area (Å²) in [6.07, 6.45) is -0.174. The van der Waals surface area contributed by atoms with E-state index < -0.39 is 5.92 Å². The summed E-state index contributed by atoms with van der Waals surface area (Å²) >= 11 is 5.89. The van der Waals surface area contributed by atoms with Gasteiger partial charge >= 0.3 is 0 Å². The van der Waals surface area contributed by atoms with Crippen LogP contribution in [-0.2, 0) is 0 Å². The number of hydrogen-bond acceptors (Lipinski definition) is 0. The quantitative estimate of drug-likeness (QED) is 0.662. The average molecular weight is 252 g/mol. The molecule has 0 aromatic heterocycles. The van der Waals surface area contributed by atoms with Gasteiger partial charge in [-0.25, -0.2) is 8.78 Å². The molecule has 0 aromatic carbocycles. The summed E-state index contributed by atoms with van der Waals surface area (Å²) in [6, 6.07) is 0. The zero-order valence-corrected chi connectivity index (χ0v) is 7.47. The van der Waals surface area contributed by atoms with Crippen LogP contribution in [-0.4, -0.2) is 9.66 Å². The van der Waals surface area contributed by atoms with Crippen LogP contribution in [0.4, 0.5) is 8.78 Å². The molecule has 50 valence electrons. The first-order chi connectivity index (χ1) is 3.42. The standard InChI is InChI=1S/C4H6Br2F2/c1-4(7,8)2-3(5)6/h3H,2H2,1H3. The molecule has 0 radical (unpaired) electrons. The molecule has 4 heteroatoms. The lowest BCUT2D eigenvalue weighted by molar-refractivity contribution is 0.0182. The fourth-order valence-electron chi connectivity index (χ4n) is 0.271. The maximum Gasteiger partial charge on any atom is 0.247 e. The molecule has 0 atom stereocenters. The van der Waals surface area contributed by atoms with E-state index in [2.05, 4.69) is 31.9 Å². The number of hydrogen-bond donors (Lipinski definition) is 0. The Morgan fingerprint density at radius 2 is 1.88 bits per heavy atom. The molecule has 0 aliphatic rings. The molecule has 0 spiro atoms. The van der Waals surface area contributed by atoms with Crippen molar-refractivity contribution in [3.05, 3.63) is 0 Å². The van der Waals surface area contributed by atoms with Gasteiger partial charge in [0.15, 0.2) is 0 Å². The third-order valence-electron chi connectivity index (χ3n) is 0.513. The van der Waals surface area contributed by atoms with Crippen LogP contribution in [0.25, 0.3) is 0 Å². The van der Waals surface area contributed by atoms with Crippen molar-refractivity contribution in [1.82, 2.24) is 0 Å². The zero-order chi connectivity index (χ0) is 6.78. The van der Waals surface area contributed by atoms with Crippen molar-refractivity contribution in [3.63, 3.8) is 0 Å². The highest BCUT2D eigenvalue weighted by Gasteiger charge is 2.23. The van der Waals surface area contributed by atoms with Gasteiger partial charge in [0.05, 0.1) is 3.74 Å². The predicted molar refractivity (Wildman–Crippen MR) is 36.9 cm³/mol. The molecular weight excluding hydrogens is 246 g/mol. The van der Waals surface area contributed by atoms with Crippen LogP contribution in [0.15, 0.2) is 0 Å². The smallest absolute Gasteiger partial charge is 0.207 e. The monoisotopic (exact) mass is 250 g/mol. The van der Waals surface area contributed by atoms with E-state index >= 15 is 0 Å². The van der Waals surface area contributed by atoms with Crippen molar-refractivity contribution in [2.75, 3.05) is 0 Å². The molecule has 0 saturated carbocycles. The van der Waals surface area contributed by atoms with E-state index in [0.29, 0.717) is 0 Å². The van der Waals surface area contributed by atoms with E-state index in [4.69, 9.17) is 0 Å². The zero-order valence-electron chi connectivity index (χ0n) is 4.30. The Balaban J connectivity index is 3.39. The maximum atomic E-state index is 11.9. The van der Waals surface area contributed by atoms with Crippen molar-refractivity contribution >= 4 is 31.9 Å². The van der Waals surface area contributed by atoms with Crippen molar-refractivity contribution < 1.29 is 8.78 Å². The lowest BCUT2D eigenvalue weighted by Gasteiger charge is -2.09. The number of alkyl halides is 4. The highest BCUT2D eigenvalue weighted by molar-refractivity contribution is 9.24. The van der Waals surface area contributed by atoms with E-state index in [9.17, 15) is 8.78 Å². The third kappa shape index (κ3) is 6.82. The molecule has 0 rings (SSSR count). The third-order valence-corrected chi connectivity index (χ3v) is 1.16. The van der Waals surface area contributed by atoms with Gasteiger partial charge in [-0.15, -0.1) is 0 Å². The van der Waals surface area contributed by atoms with Crippen LogP contribution in [0.5, 0.6) is 0 Å². The lowest BCUT2D eigenvalue weighted by atomic mass is 10.3. The number of halogens is 4. The molecule has 0 unspecified atom stereocenters. The van der Waals surface area contributed by atoms with E-state index in [1.165, 1.54) is 0 Å². The van der Waals surface area contributed by atoms with Gasteiger partial charge in [0, 0.05) is 6.42 Å². The SMILES string of the molecule is CC(F)(F)CC(Br)Br. The normalized spacial score (nSPS) is 12.8. The van der Waals surface area contributed by atoms with Crippen LogP contribution in [0.1, 0.15) is 13.3 Å². The number of rotatable bonds is 2. The topological polar surface area (TPSA) is 0 Å². The summed E-state index contributed by atoms with van der Waals surface area (Å²) in [6.45, 7) is 0.891.